The first kappa shape index (κ1) is 16.4. The van der Waals surface area contributed by atoms with Crippen LogP contribution in [0.15, 0.2) is 28.8 Å². The fourth-order valence-corrected chi connectivity index (χ4v) is 2.25. The van der Waals surface area contributed by atoms with Crippen molar-refractivity contribution in [3.63, 3.8) is 0 Å². The molecule has 1 aromatic heterocycles. The van der Waals surface area contributed by atoms with Crippen LogP contribution in [-0.2, 0) is 10.3 Å². The summed E-state index contributed by atoms with van der Waals surface area (Å²) in [6.45, 7) is 4.93. The Kier molecular flexibility index (Phi) is 3.77. The van der Waals surface area contributed by atoms with Crippen molar-refractivity contribution in [3.05, 3.63) is 30.1 Å². The fourth-order valence-electron chi connectivity index (χ4n) is 2.25. The number of aromatic nitrogens is 2. The van der Waals surface area contributed by atoms with Gasteiger partial charge in [0.25, 0.3) is 11.8 Å². The standard InChI is InChI=1S/C16H17F2N3O3/c1-9(22)20-15(2,3)14-19-13(24-21-14)10-4-6-11(7-5-10)23-12-8-16(12,17)18/h4-7,12H,8H2,1-3H3,(H,20,22). The number of nitrogens with zero attached hydrogens (tertiary/aromatic N) is 2. The minimum Gasteiger partial charge on any atom is -0.484 e. The smallest absolute Gasteiger partial charge is 0.288 e. The summed E-state index contributed by atoms with van der Waals surface area (Å²) in [4.78, 5) is 15.5. The molecule has 6 nitrogen and oxygen atoms in total. The van der Waals surface area contributed by atoms with E-state index in [1.54, 1.807) is 38.1 Å². The van der Waals surface area contributed by atoms with Crippen LogP contribution in [0.3, 0.4) is 0 Å². The molecular formula is C16H17F2N3O3. The van der Waals surface area contributed by atoms with Gasteiger partial charge in [0, 0.05) is 12.5 Å². The Labute approximate surface area is 137 Å². The average Bonchev–Trinajstić information content (AvgIpc) is 2.89. The molecule has 0 bridgehead atoms. The lowest BCUT2D eigenvalue weighted by Gasteiger charge is -2.20. The maximum absolute atomic E-state index is 12.8. The number of hydrogen-bond donors (Lipinski definition) is 1. The molecular weight excluding hydrogens is 320 g/mol. The number of carbonyl (C=O) groups is 1. The predicted molar refractivity (Wildman–Crippen MR) is 80.6 cm³/mol. The Balaban J connectivity index is 1.72. The van der Waals surface area contributed by atoms with E-state index in [9.17, 15) is 13.6 Å². The van der Waals surface area contributed by atoms with Gasteiger partial charge in [-0.15, -0.1) is 0 Å². The summed E-state index contributed by atoms with van der Waals surface area (Å²) in [5.74, 6) is -1.96. The molecule has 1 saturated carbocycles. The summed E-state index contributed by atoms with van der Waals surface area (Å²) in [6.07, 6.45) is -1.29. The Bertz CT molecular complexity index is 756. The van der Waals surface area contributed by atoms with E-state index in [-0.39, 0.29) is 18.2 Å². The number of halogens is 2. The van der Waals surface area contributed by atoms with Gasteiger partial charge in [0.05, 0.1) is 12.0 Å². The molecule has 1 amide bonds. The van der Waals surface area contributed by atoms with Crippen LogP contribution in [0.5, 0.6) is 5.75 Å². The van der Waals surface area contributed by atoms with Gasteiger partial charge in [0.2, 0.25) is 5.91 Å². The minimum absolute atomic E-state index is 0.204. The average molecular weight is 337 g/mol. The highest BCUT2D eigenvalue weighted by atomic mass is 19.3. The largest absolute Gasteiger partial charge is 0.484 e. The van der Waals surface area contributed by atoms with Crippen LogP contribution in [0.4, 0.5) is 8.78 Å². The predicted octanol–water partition coefficient (Wildman–Crippen LogP) is 2.89. The fraction of sp³-hybridized carbons (Fsp3) is 0.438. The molecule has 0 aliphatic heterocycles. The van der Waals surface area contributed by atoms with E-state index < -0.39 is 17.6 Å². The molecule has 1 atom stereocenters. The normalized spacial score (nSPS) is 19.0. The van der Waals surface area contributed by atoms with E-state index in [0.29, 0.717) is 17.1 Å². The third kappa shape index (κ3) is 3.37. The zero-order chi connectivity index (χ0) is 17.5. The van der Waals surface area contributed by atoms with E-state index in [1.165, 1.54) is 6.92 Å². The monoisotopic (exact) mass is 337 g/mol. The number of hydrogen-bond acceptors (Lipinski definition) is 5. The number of nitrogens with one attached hydrogen (secondary N) is 1. The van der Waals surface area contributed by atoms with Crippen LogP contribution in [0, 0.1) is 0 Å². The first-order chi connectivity index (χ1) is 11.2. The molecule has 1 unspecified atom stereocenters. The molecule has 1 fully saturated rings. The number of carbonyl (C=O) groups excluding carboxylic acids is 1. The molecule has 0 saturated heterocycles. The number of amides is 1. The van der Waals surface area contributed by atoms with Gasteiger partial charge >= 0.3 is 0 Å². The molecule has 3 rings (SSSR count). The molecule has 1 aliphatic rings. The van der Waals surface area contributed by atoms with E-state index in [4.69, 9.17) is 9.26 Å². The van der Waals surface area contributed by atoms with Crippen LogP contribution in [0.2, 0.25) is 0 Å². The van der Waals surface area contributed by atoms with Crippen molar-refractivity contribution >= 4 is 5.91 Å². The zero-order valence-electron chi connectivity index (χ0n) is 13.5. The Morgan fingerprint density at radius 2 is 2.00 bits per heavy atom. The van der Waals surface area contributed by atoms with E-state index in [0.717, 1.165) is 0 Å². The topological polar surface area (TPSA) is 77.2 Å². The highest BCUT2D eigenvalue weighted by molar-refractivity contribution is 5.73. The van der Waals surface area contributed by atoms with Gasteiger partial charge in [-0.25, -0.2) is 8.78 Å². The first-order valence-electron chi connectivity index (χ1n) is 7.45. The van der Waals surface area contributed by atoms with Gasteiger partial charge in [0.1, 0.15) is 5.75 Å². The molecule has 1 N–H and O–H groups in total. The van der Waals surface area contributed by atoms with Gasteiger partial charge in [-0.1, -0.05) is 5.16 Å². The van der Waals surface area contributed by atoms with Crippen LogP contribution in [0.25, 0.3) is 11.5 Å². The number of ether oxygens (including phenoxy) is 1. The summed E-state index contributed by atoms with van der Waals surface area (Å²) >= 11 is 0. The van der Waals surface area contributed by atoms with Crippen LogP contribution in [0.1, 0.15) is 33.0 Å². The van der Waals surface area contributed by atoms with Crippen molar-refractivity contribution in [2.45, 2.75) is 44.8 Å². The van der Waals surface area contributed by atoms with Gasteiger partial charge in [-0.05, 0) is 38.1 Å². The number of rotatable bonds is 5. The summed E-state index contributed by atoms with van der Waals surface area (Å²) < 4.78 is 36.1. The molecule has 0 spiro atoms. The zero-order valence-corrected chi connectivity index (χ0v) is 13.5. The summed E-state index contributed by atoms with van der Waals surface area (Å²) in [6, 6.07) is 6.45. The minimum atomic E-state index is -2.73. The molecule has 8 heteroatoms. The van der Waals surface area contributed by atoms with Crippen LogP contribution < -0.4 is 10.1 Å². The van der Waals surface area contributed by atoms with Crippen molar-refractivity contribution in [2.24, 2.45) is 0 Å². The van der Waals surface area contributed by atoms with Gasteiger partial charge in [-0.3, -0.25) is 4.79 Å². The molecule has 1 aromatic carbocycles. The third-order valence-corrected chi connectivity index (χ3v) is 3.62. The summed E-state index contributed by atoms with van der Waals surface area (Å²) in [5, 5.41) is 6.62. The van der Waals surface area contributed by atoms with Gasteiger partial charge < -0.3 is 14.6 Å². The molecule has 1 aliphatic carbocycles. The lowest BCUT2D eigenvalue weighted by molar-refractivity contribution is -0.120. The maximum atomic E-state index is 12.8. The third-order valence-electron chi connectivity index (χ3n) is 3.62. The Morgan fingerprint density at radius 3 is 2.54 bits per heavy atom. The Morgan fingerprint density at radius 1 is 1.38 bits per heavy atom. The van der Waals surface area contributed by atoms with E-state index in [1.807, 2.05) is 0 Å². The van der Waals surface area contributed by atoms with Crippen molar-refractivity contribution in [1.82, 2.24) is 15.5 Å². The van der Waals surface area contributed by atoms with Crippen molar-refractivity contribution < 1.29 is 22.8 Å². The lowest BCUT2D eigenvalue weighted by Crippen LogP contribution is -2.40. The van der Waals surface area contributed by atoms with Crippen molar-refractivity contribution in [2.75, 3.05) is 0 Å². The van der Waals surface area contributed by atoms with Gasteiger partial charge in [0.15, 0.2) is 11.9 Å². The van der Waals surface area contributed by atoms with Crippen molar-refractivity contribution in [1.29, 1.82) is 0 Å². The highest BCUT2D eigenvalue weighted by Gasteiger charge is 2.59. The van der Waals surface area contributed by atoms with Gasteiger partial charge in [-0.2, -0.15) is 4.98 Å². The maximum Gasteiger partial charge on any atom is 0.288 e. The number of alkyl halides is 2. The summed E-state index contributed by atoms with van der Waals surface area (Å²) in [7, 11) is 0. The molecule has 0 radical (unpaired) electrons. The van der Waals surface area contributed by atoms with Crippen LogP contribution >= 0.6 is 0 Å². The molecule has 1 heterocycles. The second-order valence-corrected chi connectivity index (χ2v) is 6.33. The van der Waals surface area contributed by atoms with E-state index >= 15 is 0 Å². The van der Waals surface area contributed by atoms with E-state index in [2.05, 4.69) is 15.5 Å². The highest BCUT2D eigenvalue weighted by Crippen LogP contribution is 2.44. The molecule has 24 heavy (non-hydrogen) atoms. The second-order valence-electron chi connectivity index (χ2n) is 6.33. The first-order valence-corrected chi connectivity index (χ1v) is 7.45. The summed E-state index contributed by atoms with van der Waals surface area (Å²) in [5.41, 5.74) is -0.143. The molecule has 128 valence electrons. The second kappa shape index (κ2) is 5.54. The quantitative estimate of drug-likeness (QED) is 0.908. The lowest BCUT2D eigenvalue weighted by atomic mass is 10.1. The SMILES string of the molecule is CC(=O)NC(C)(C)c1noc(-c2ccc(OC3CC3(F)F)cc2)n1. The Hall–Kier alpha value is -2.51. The molecule has 2 aromatic rings. The van der Waals surface area contributed by atoms with Crippen molar-refractivity contribution in [3.8, 4) is 17.2 Å². The number of benzene rings is 1. The van der Waals surface area contributed by atoms with Crippen LogP contribution in [-0.4, -0.2) is 28.1 Å².